The van der Waals surface area contributed by atoms with Gasteiger partial charge in [-0.15, -0.1) is 0 Å². The van der Waals surface area contributed by atoms with Gasteiger partial charge in [0.05, 0.1) is 7.11 Å². The van der Waals surface area contributed by atoms with Crippen molar-refractivity contribution in [2.24, 2.45) is 0 Å². The first-order chi connectivity index (χ1) is 10.1. The fourth-order valence-electron chi connectivity index (χ4n) is 2.09. The van der Waals surface area contributed by atoms with Crippen molar-refractivity contribution in [3.05, 3.63) is 63.8 Å². The minimum Gasteiger partial charge on any atom is -0.493 e. The van der Waals surface area contributed by atoms with Gasteiger partial charge >= 0.3 is 0 Å². The number of fused-ring (bicyclic) bond motifs is 1. The lowest BCUT2D eigenvalue weighted by atomic mass is 10.1. The molecule has 0 bridgehead atoms. The molecule has 0 aliphatic heterocycles. The third kappa shape index (κ3) is 2.62. The number of hydrogen-bond acceptors (Lipinski definition) is 3. The van der Waals surface area contributed by atoms with Crippen LogP contribution < -0.4 is 4.74 Å². The van der Waals surface area contributed by atoms with E-state index in [1.165, 1.54) is 7.11 Å². The van der Waals surface area contributed by atoms with Crippen molar-refractivity contribution in [2.45, 2.75) is 0 Å². The molecule has 3 aromatic rings. The molecule has 0 atom stereocenters. The number of carbonyl (C=O) groups is 1. The summed E-state index contributed by atoms with van der Waals surface area (Å²) in [5, 5.41) is 1.81. The second-order valence-electron chi connectivity index (χ2n) is 4.47. The number of carbonyl (C=O) groups excluding carboxylic acids is 1. The largest absolute Gasteiger partial charge is 0.493 e. The van der Waals surface area contributed by atoms with Crippen molar-refractivity contribution in [2.75, 3.05) is 7.11 Å². The Morgan fingerprint density at radius 3 is 2.43 bits per heavy atom. The monoisotopic (exact) mass is 320 g/mol. The van der Waals surface area contributed by atoms with Crippen LogP contribution >= 0.6 is 23.2 Å². The van der Waals surface area contributed by atoms with Crippen LogP contribution in [0.1, 0.15) is 16.1 Å². The summed E-state index contributed by atoms with van der Waals surface area (Å²) in [5.74, 6) is 0.501. The molecule has 0 N–H and O–H groups in total. The summed E-state index contributed by atoms with van der Waals surface area (Å²) in [6, 6.07) is 11.7. The van der Waals surface area contributed by atoms with Crippen LogP contribution in [0.25, 0.3) is 11.0 Å². The maximum atomic E-state index is 12.4. The SMILES string of the molecule is COc1cc(Cl)cc2cc(C(=O)c3ccc(Cl)cc3)oc12. The van der Waals surface area contributed by atoms with Gasteiger partial charge in [-0.3, -0.25) is 4.79 Å². The maximum absolute atomic E-state index is 12.4. The van der Waals surface area contributed by atoms with E-state index < -0.39 is 0 Å². The minimum absolute atomic E-state index is 0.221. The highest BCUT2D eigenvalue weighted by atomic mass is 35.5. The zero-order valence-electron chi connectivity index (χ0n) is 11.0. The normalized spacial score (nSPS) is 10.8. The van der Waals surface area contributed by atoms with Crippen molar-refractivity contribution in [3.63, 3.8) is 0 Å². The number of ketones is 1. The van der Waals surface area contributed by atoms with Crippen LogP contribution in [0.3, 0.4) is 0 Å². The second-order valence-corrected chi connectivity index (χ2v) is 5.35. The highest BCUT2D eigenvalue weighted by Crippen LogP contribution is 2.33. The molecule has 1 aromatic heterocycles. The zero-order chi connectivity index (χ0) is 15.0. The van der Waals surface area contributed by atoms with E-state index in [1.54, 1.807) is 42.5 Å². The van der Waals surface area contributed by atoms with E-state index in [0.717, 1.165) is 5.39 Å². The molecule has 3 rings (SSSR count). The summed E-state index contributed by atoms with van der Waals surface area (Å²) in [7, 11) is 1.52. The maximum Gasteiger partial charge on any atom is 0.228 e. The topological polar surface area (TPSA) is 39.4 Å². The molecule has 0 aliphatic rings. The van der Waals surface area contributed by atoms with Crippen molar-refractivity contribution >= 4 is 40.0 Å². The van der Waals surface area contributed by atoms with E-state index in [0.29, 0.717) is 26.9 Å². The summed E-state index contributed by atoms with van der Waals surface area (Å²) < 4.78 is 10.8. The number of furan rings is 1. The highest BCUT2D eigenvalue weighted by Gasteiger charge is 2.17. The Balaban J connectivity index is 2.08. The quantitative estimate of drug-likeness (QED) is 0.639. The third-order valence-corrected chi connectivity index (χ3v) is 3.57. The van der Waals surface area contributed by atoms with Crippen LogP contribution in [-0.2, 0) is 0 Å². The molecule has 0 radical (unpaired) electrons. The zero-order valence-corrected chi connectivity index (χ0v) is 12.5. The van der Waals surface area contributed by atoms with Gasteiger partial charge < -0.3 is 9.15 Å². The third-order valence-electron chi connectivity index (χ3n) is 3.10. The molecule has 3 nitrogen and oxygen atoms in total. The van der Waals surface area contributed by atoms with Gasteiger partial charge in [-0.05, 0) is 36.4 Å². The molecule has 1 heterocycles. The average molecular weight is 321 g/mol. The Morgan fingerprint density at radius 1 is 1.05 bits per heavy atom. The number of methoxy groups -OCH3 is 1. The van der Waals surface area contributed by atoms with Gasteiger partial charge in [0.2, 0.25) is 5.78 Å². The Labute approximate surface area is 131 Å². The Bertz CT molecular complexity index is 819. The first kappa shape index (κ1) is 14.0. The highest BCUT2D eigenvalue weighted by molar-refractivity contribution is 6.31. The number of benzene rings is 2. The lowest BCUT2D eigenvalue weighted by molar-refractivity contribution is 0.101. The van der Waals surface area contributed by atoms with E-state index in [4.69, 9.17) is 32.4 Å². The standard InChI is InChI=1S/C16H10Cl2O3/c1-20-14-8-12(18)6-10-7-13(21-16(10)14)15(19)9-2-4-11(17)5-3-9/h2-8H,1H3. The summed E-state index contributed by atoms with van der Waals surface area (Å²) in [6.07, 6.45) is 0. The van der Waals surface area contributed by atoms with Crippen LogP contribution in [-0.4, -0.2) is 12.9 Å². The molecule has 0 saturated heterocycles. The number of hydrogen-bond donors (Lipinski definition) is 0. The van der Waals surface area contributed by atoms with E-state index >= 15 is 0 Å². The second kappa shape index (κ2) is 5.43. The fraction of sp³-hybridized carbons (Fsp3) is 0.0625. The lowest BCUT2D eigenvalue weighted by Gasteiger charge is -2.00. The predicted octanol–water partition coefficient (Wildman–Crippen LogP) is 4.98. The lowest BCUT2D eigenvalue weighted by Crippen LogP contribution is -1.98. The Kier molecular flexibility index (Phi) is 3.62. The van der Waals surface area contributed by atoms with Crippen molar-refractivity contribution in [1.82, 2.24) is 0 Å². The average Bonchev–Trinajstić information content (AvgIpc) is 2.90. The van der Waals surface area contributed by atoms with Crippen LogP contribution in [0.4, 0.5) is 0 Å². The van der Waals surface area contributed by atoms with Crippen LogP contribution in [0.2, 0.25) is 10.0 Å². The molecule has 0 amide bonds. The number of halogens is 2. The first-order valence-electron chi connectivity index (χ1n) is 6.16. The number of rotatable bonds is 3. The smallest absolute Gasteiger partial charge is 0.228 e. The molecule has 0 aliphatic carbocycles. The molecular formula is C16H10Cl2O3. The first-order valence-corrected chi connectivity index (χ1v) is 6.91. The van der Waals surface area contributed by atoms with Crippen LogP contribution in [0, 0.1) is 0 Å². The van der Waals surface area contributed by atoms with E-state index in [1.807, 2.05) is 0 Å². The van der Waals surface area contributed by atoms with Gasteiger partial charge in [-0.1, -0.05) is 23.2 Å². The summed E-state index contributed by atoms with van der Waals surface area (Å²) >= 11 is 11.8. The number of ether oxygens (including phenoxy) is 1. The van der Waals surface area contributed by atoms with E-state index in [9.17, 15) is 4.79 Å². The van der Waals surface area contributed by atoms with E-state index in [2.05, 4.69) is 0 Å². The van der Waals surface area contributed by atoms with Crippen LogP contribution in [0.5, 0.6) is 5.75 Å². The Morgan fingerprint density at radius 2 is 1.76 bits per heavy atom. The fourth-order valence-corrected chi connectivity index (χ4v) is 2.44. The minimum atomic E-state index is -0.221. The van der Waals surface area contributed by atoms with Gasteiger partial charge in [0.1, 0.15) is 0 Å². The molecule has 21 heavy (non-hydrogen) atoms. The molecule has 2 aromatic carbocycles. The van der Waals surface area contributed by atoms with Gasteiger partial charge in [0.15, 0.2) is 17.1 Å². The van der Waals surface area contributed by atoms with Gasteiger partial charge in [-0.25, -0.2) is 0 Å². The van der Waals surface area contributed by atoms with Crippen molar-refractivity contribution in [1.29, 1.82) is 0 Å². The summed E-state index contributed by atoms with van der Waals surface area (Å²) in [4.78, 5) is 12.4. The molecule has 0 fully saturated rings. The molecule has 106 valence electrons. The summed E-state index contributed by atoms with van der Waals surface area (Å²) in [6.45, 7) is 0. The van der Waals surface area contributed by atoms with Crippen molar-refractivity contribution in [3.8, 4) is 5.75 Å². The molecule has 5 heteroatoms. The Hall–Kier alpha value is -1.97. The predicted molar refractivity (Wildman–Crippen MR) is 82.7 cm³/mol. The summed E-state index contributed by atoms with van der Waals surface area (Å²) in [5.41, 5.74) is 1.00. The van der Waals surface area contributed by atoms with E-state index in [-0.39, 0.29) is 11.5 Å². The van der Waals surface area contributed by atoms with Gasteiger partial charge in [0, 0.05) is 27.1 Å². The molecule has 0 saturated carbocycles. The van der Waals surface area contributed by atoms with Crippen LogP contribution in [0.15, 0.2) is 46.9 Å². The molecule has 0 unspecified atom stereocenters. The van der Waals surface area contributed by atoms with Gasteiger partial charge in [0.25, 0.3) is 0 Å². The molecular weight excluding hydrogens is 311 g/mol. The molecule has 0 spiro atoms. The van der Waals surface area contributed by atoms with Gasteiger partial charge in [-0.2, -0.15) is 0 Å². The van der Waals surface area contributed by atoms with Crippen molar-refractivity contribution < 1.29 is 13.9 Å².